The van der Waals surface area contributed by atoms with E-state index in [0.29, 0.717) is 12.0 Å². The zero-order valence-corrected chi connectivity index (χ0v) is 12.8. The smallest absolute Gasteiger partial charge is 0.319 e. The second-order valence-electron chi connectivity index (χ2n) is 5.54. The van der Waals surface area contributed by atoms with Gasteiger partial charge in [-0.1, -0.05) is 55.5 Å². The molecule has 2 aromatic rings. The van der Waals surface area contributed by atoms with E-state index in [9.17, 15) is 14.0 Å². The summed E-state index contributed by atoms with van der Waals surface area (Å²) in [6, 6.07) is 14.8. The lowest BCUT2D eigenvalue weighted by Gasteiger charge is -2.25. The van der Waals surface area contributed by atoms with Crippen LogP contribution in [0.25, 0.3) is 0 Å². The first-order chi connectivity index (χ1) is 11.1. The maximum absolute atomic E-state index is 13.8. The molecule has 1 saturated heterocycles. The van der Waals surface area contributed by atoms with Gasteiger partial charge in [-0.05, 0) is 18.1 Å². The molecule has 1 N–H and O–H groups in total. The number of hydrogen-bond donors (Lipinski definition) is 1. The molecule has 5 heteroatoms. The van der Waals surface area contributed by atoms with Crippen LogP contribution in [0.3, 0.4) is 0 Å². The summed E-state index contributed by atoms with van der Waals surface area (Å²) in [6.45, 7) is 1.77. The van der Waals surface area contributed by atoms with Crippen LogP contribution in [0, 0.1) is 5.82 Å². The number of carbonyl (C=O) groups excluding carboxylic acids is 2. The first-order valence-electron chi connectivity index (χ1n) is 7.51. The van der Waals surface area contributed by atoms with Crippen molar-refractivity contribution in [3.8, 4) is 0 Å². The van der Waals surface area contributed by atoms with Crippen LogP contribution in [0.5, 0.6) is 0 Å². The summed E-state index contributed by atoms with van der Waals surface area (Å²) in [5.74, 6) is -0.777. The van der Waals surface area contributed by atoms with Gasteiger partial charge in [0.25, 0.3) is 5.91 Å². The van der Waals surface area contributed by atoms with Crippen molar-refractivity contribution in [3.63, 3.8) is 0 Å². The number of amides is 3. The molecule has 3 rings (SSSR count). The monoisotopic (exact) mass is 312 g/mol. The number of halogens is 1. The fourth-order valence-corrected chi connectivity index (χ4v) is 2.93. The molecule has 0 radical (unpaired) electrons. The number of hydrogen-bond acceptors (Lipinski definition) is 2. The Kier molecular flexibility index (Phi) is 3.86. The normalized spacial score (nSPS) is 20.7. The minimum absolute atomic E-state index is 0.0775. The molecule has 1 heterocycles. The minimum atomic E-state index is -1.08. The van der Waals surface area contributed by atoms with Gasteiger partial charge >= 0.3 is 6.03 Å². The van der Waals surface area contributed by atoms with Crippen LogP contribution >= 0.6 is 0 Å². The lowest BCUT2D eigenvalue weighted by Crippen LogP contribution is -2.43. The second kappa shape index (κ2) is 5.83. The van der Waals surface area contributed by atoms with Gasteiger partial charge in [0.15, 0.2) is 0 Å². The van der Waals surface area contributed by atoms with Crippen LogP contribution in [0.4, 0.5) is 9.18 Å². The van der Waals surface area contributed by atoms with Crippen molar-refractivity contribution < 1.29 is 14.0 Å². The molecule has 0 bridgehead atoms. The van der Waals surface area contributed by atoms with E-state index >= 15 is 0 Å². The Balaban J connectivity index is 1.95. The number of nitrogens with one attached hydrogen (secondary N) is 1. The van der Waals surface area contributed by atoms with Crippen LogP contribution in [0.1, 0.15) is 24.5 Å². The summed E-state index contributed by atoms with van der Waals surface area (Å²) in [5.41, 5.74) is -0.0308. The predicted molar refractivity (Wildman–Crippen MR) is 83.9 cm³/mol. The predicted octanol–water partition coefficient (Wildman–Crippen LogP) is 3.18. The minimum Gasteiger partial charge on any atom is -0.319 e. The van der Waals surface area contributed by atoms with Crippen LogP contribution < -0.4 is 5.32 Å². The van der Waals surface area contributed by atoms with Crippen molar-refractivity contribution in [2.24, 2.45) is 0 Å². The number of carbonyl (C=O) groups is 2. The summed E-state index contributed by atoms with van der Waals surface area (Å²) >= 11 is 0. The third kappa shape index (κ3) is 2.48. The summed E-state index contributed by atoms with van der Waals surface area (Å²) in [6.07, 6.45) is 0.426. The Morgan fingerprint density at radius 1 is 1.04 bits per heavy atom. The number of rotatable bonds is 4. The van der Waals surface area contributed by atoms with Crippen molar-refractivity contribution in [1.82, 2.24) is 10.2 Å². The molecule has 0 unspecified atom stereocenters. The van der Waals surface area contributed by atoms with Gasteiger partial charge in [-0.2, -0.15) is 0 Å². The van der Waals surface area contributed by atoms with Gasteiger partial charge in [0.2, 0.25) is 0 Å². The van der Waals surface area contributed by atoms with Crippen molar-refractivity contribution in [2.75, 3.05) is 0 Å². The third-order valence-corrected chi connectivity index (χ3v) is 4.26. The van der Waals surface area contributed by atoms with E-state index in [1.54, 1.807) is 18.2 Å². The Bertz CT molecular complexity index is 748. The third-order valence-electron chi connectivity index (χ3n) is 4.26. The molecule has 118 valence electrons. The van der Waals surface area contributed by atoms with Crippen LogP contribution in [-0.2, 0) is 16.9 Å². The molecule has 0 saturated carbocycles. The fourth-order valence-electron chi connectivity index (χ4n) is 2.93. The molecule has 1 aliphatic heterocycles. The molecule has 0 aromatic heterocycles. The summed E-state index contributed by atoms with van der Waals surface area (Å²) in [7, 11) is 0. The quantitative estimate of drug-likeness (QED) is 0.882. The maximum atomic E-state index is 13.8. The van der Waals surface area contributed by atoms with E-state index in [1.165, 1.54) is 6.07 Å². The summed E-state index contributed by atoms with van der Waals surface area (Å²) in [5, 5.41) is 2.79. The number of benzene rings is 2. The molecule has 0 aliphatic carbocycles. The fraction of sp³-hybridized carbons (Fsp3) is 0.222. The first-order valence-corrected chi connectivity index (χ1v) is 7.51. The molecule has 1 aliphatic rings. The van der Waals surface area contributed by atoms with Gasteiger partial charge in [-0.15, -0.1) is 0 Å². The molecular weight excluding hydrogens is 295 g/mol. The number of urea groups is 1. The van der Waals surface area contributed by atoms with E-state index < -0.39 is 17.4 Å². The molecule has 1 atom stereocenters. The Morgan fingerprint density at radius 3 is 2.35 bits per heavy atom. The average Bonchev–Trinajstić information content (AvgIpc) is 2.82. The average molecular weight is 312 g/mol. The zero-order chi connectivity index (χ0) is 16.4. The standard InChI is InChI=1S/C18H17FN2O2/c1-2-18(14-9-4-3-5-10-14)16(22)21(17(23)20-18)12-13-8-6-7-11-15(13)19/h3-11H,2,12H2,1H3,(H,20,23)/t18-/m0/s1. The van der Waals surface area contributed by atoms with Gasteiger partial charge in [0, 0.05) is 5.56 Å². The zero-order valence-electron chi connectivity index (χ0n) is 12.8. The topological polar surface area (TPSA) is 49.4 Å². The van der Waals surface area contributed by atoms with Gasteiger partial charge in [0.1, 0.15) is 11.4 Å². The van der Waals surface area contributed by atoms with Gasteiger partial charge < -0.3 is 5.32 Å². The Morgan fingerprint density at radius 2 is 1.70 bits per heavy atom. The molecule has 0 spiro atoms. The van der Waals surface area contributed by atoms with Crippen LogP contribution in [-0.4, -0.2) is 16.8 Å². The van der Waals surface area contributed by atoms with Gasteiger partial charge in [-0.25, -0.2) is 9.18 Å². The first kappa shape index (κ1) is 15.2. The van der Waals surface area contributed by atoms with Crippen molar-refractivity contribution >= 4 is 11.9 Å². The van der Waals surface area contributed by atoms with Crippen molar-refractivity contribution in [1.29, 1.82) is 0 Å². The molecule has 23 heavy (non-hydrogen) atoms. The highest BCUT2D eigenvalue weighted by atomic mass is 19.1. The maximum Gasteiger partial charge on any atom is 0.325 e. The Hall–Kier alpha value is -2.69. The SMILES string of the molecule is CC[C@@]1(c2ccccc2)NC(=O)N(Cc2ccccc2F)C1=O. The largest absolute Gasteiger partial charge is 0.325 e. The van der Waals surface area contributed by atoms with Crippen molar-refractivity contribution in [3.05, 3.63) is 71.5 Å². The van der Waals surface area contributed by atoms with Crippen LogP contribution in [0.15, 0.2) is 54.6 Å². The Labute approximate surface area is 133 Å². The van der Waals surface area contributed by atoms with Crippen LogP contribution in [0.2, 0.25) is 0 Å². The lowest BCUT2D eigenvalue weighted by atomic mass is 9.87. The summed E-state index contributed by atoms with van der Waals surface area (Å²) < 4.78 is 13.8. The highest BCUT2D eigenvalue weighted by Crippen LogP contribution is 2.33. The highest BCUT2D eigenvalue weighted by molar-refractivity contribution is 6.07. The van der Waals surface area contributed by atoms with Gasteiger partial charge in [0.05, 0.1) is 6.54 Å². The summed E-state index contributed by atoms with van der Waals surface area (Å²) in [4.78, 5) is 26.3. The highest BCUT2D eigenvalue weighted by Gasteiger charge is 2.51. The molecular formula is C18H17FN2O2. The van der Waals surface area contributed by atoms with E-state index in [0.717, 1.165) is 10.5 Å². The van der Waals surface area contributed by atoms with Crippen molar-refractivity contribution in [2.45, 2.75) is 25.4 Å². The second-order valence-corrected chi connectivity index (χ2v) is 5.54. The van der Waals surface area contributed by atoms with E-state index in [1.807, 2.05) is 37.3 Å². The van der Waals surface area contributed by atoms with E-state index in [2.05, 4.69) is 5.32 Å². The molecule has 4 nitrogen and oxygen atoms in total. The van der Waals surface area contributed by atoms with Gasteiger partial charge in [-0.3, -0.25) is 9.69 Å². The molecule has 3 amide bonds. The molecule has 1 fully saturated rings. The van der Waals surface area contributed by atoms with E-state index in [-0.39, 0.29) is 12.5 Å². The van der Waals surface area contributed by atoms with E-state index in [4.69, 9.17) is 0 Å². The number of imide groups is 1. The number of nitrogens with zero attached hydrogens (tertiary/aromatic N) is 1. The molecule has 2 aromatic carbocycles. The lowest BCUT2D eigenvalue weighted by molar-refractivity contribution is -0.132.